The average Bonchev–Trinajstić information content (AvgIpc) is 3.40. The van der Waals surface area contributed by atoms with Crippen molar-refractivity contribution >= 4 is 55.5 Å². The maximum absolute atomic E-state index is 8.87. The molecule has 6 aromatic rings. The first kappa shape index (κ1) is 19.3. The summed E-state index contributed by atoms with van der Waals surface area (Å²) in [6.07, 6.45) is 0. The fourth-order valence-electron chi connectivity index (χ4n) is 4.42. The van der Waals surface area contributed by atoms with Crippen LogP contribution in [0.25, 0.3) is 43.9 Å². The summed E-state index contributed by atoms with van der Waals surface area (Å²) >= 11 is 0. The molecule has 5 nitrogen and oxygen atoms in total. The predicted octanol–water partition coefficient (Wildman–Crippen LogP) is 6.82. The van der Waals surface area contributed by atoms with Crippen molar-refractivity contribution in [2.45, 2.75) is 0 Å². The minimum atomic E-state index is 0.136. The van der Waals surface area contributed by atoms with E-state index in [1.165, 1.54) is 0 Å². The van der Waals surface area contributed by atoms with Crippen LogP contribution in [0.2, 0.25) is 0 Å². The number of hydrogen-bond acceptors (Lipinski definition) is 3. The van der Waals surface area contributed by atoms with Gasteiger partial charge in [-0.05, 0) is 24.3 Å². The summed E-state index contributed by atoms with van der Waals surface area (Å²) < 4.78 is 12.3. The lowest BCUT2D eigenvalue weighted by Crippen LogP contribution is -2.24. The smallest absolute Gasteiger partial charge is 0.158 e. The number of nitrogens with one attached hydrogen (secondary N) is 1. The maximum Gasteiger partial charge on any atom is 0.158 e. The van der Waals surface area contributed by atoms with Crippen LogP contribution in [-0.4, -0.2) is 30.7 Å². The molecule has 0 aliphatic carbocycles. The van der Waals surface area contributed by atoms with E-state index in [0.29, 0.717) is 17.0 Å². The Kier molecular flexibility index (Phi) is 4.30. The number of furan rings is 2. The van der Waals surface area contributed by atoms with Gasteiger partial charge in [-0.2, -0.15) is 0 Å². The highest BCUT2D eigenvalue weighted by Crippen LogP contribution is 2.33. The molecule has 33 heavy (non-hydrogen) atoms. The Balaban J connectivity index is 1.54. The molecular weight excluding hydrogens is 410 g/mol. The number of para-hydroxylation sites is 4. The largest absolute Gasteiger partial charge is 0.455 e. The van der Waals surface area contributed by atoms with E-state index in [9.17, 15) is 0 Å². The number of amidine groups is 2. The van der Waals surface area contributed by atoms with Crippen LogP contribution in [0.5, 0.6) is 0 Å². The van der Waals surface area contributed by atoms with Crippen LogP contribution in [0, 0.1) is 5.41 Å². The van der Waals surface area contributed by atoms with Gasteiger partial charge >= 0.3 is 0 Å². The Morgan fingerprint density at radius 2 is 1.12 bits per heavy atom. The third-order valence-electron chi connectivity index (χ3n) is 5.95. The molecular formula is C28H21N3O2. The minimum Gasteiger partial charge on any atom is -0.455 e. The van der Waals surface area contributed by atoms with Gasteiger partial charge in [0.15, 0.2) is 5.84 Å². The summed E-state index contributed by atoms with van der Waals surface area (Å²) in [5.74, 6) is 0.786. The van der Waals surface area contributed by atoms with E-state index in [0.717, 1.165) is 43.9 Å². The second-order valence-corrected chi connectivity index (χ2v) is 8.24. The van der Waals surface area contributed by atoms with E-state index in [2.05, 4.69) is 12.1 Å². The Bertz CT molecular complexity index is 1720. The van der Waals surface area contributed by atoms with Crippen LogP contribution in [0.3, 0.4) is 0 Å². The molecule has 0 fully saturated rings. The monoisotopic (exact) mass is 431 g/mol. The normalized spacial score (nSPS) is 12.2. The third kappa shape index (κ3) is 3.01. The summed E-state index contributed by atoms with van der Waals surface area (Å²) in [6, 6.07) is 27.8. The standard InChI is InChI=1S/C28H21N3O2/c1-31(2)28(22-14-8-12-20-18-10-4-6-16-24(18)33-26(20)22)30-27(29)21-13-7-11-19-17-9-3-5-15-23(17)32-25(19)21/h3-16,29H,1-2H3/b29-27?,30-28-. The summed E-state index contributed by atoms with van der Waals surface area (Å²) in [7, 11) is 3.85. The van der Waals surface area contributed by atoms with Gasteiger partial charge in [0, 0.05) is 35.6 Å². The van der Waals surface area contributed by atoms with Crippen molar-refractivity contribution in [1.29, 1.82) is 5.41 Å². The SMILES string of the molecule is CN(C)/C(=N\C(=N)c1cccc2c1oc1ccccc12)c1cccc2c1oc1ccccc12. The van der Waals surface area contributed by atoms with Gasteiger partial charge in [-0.15, -0.1) is 0 Å². The number of rotatable bonds is 2. The highest BCUT2D eigenvalue weighted by Gasteiger charge is 2.18. The van der Waals surface area contributed by atoms with Gasteiger partial charge < -0.3 is 13.7 Å². The van der Waals surface area contributed by atoms with Crippen molar-refractivity contribution in [2.24, 2.45) is 4.99 Å². The highest BCUT2D eigenvalue weighted by molar-refractivity contribution is 6.20. The van der Waals surface area contributed by atoms with Crippen LogP contribution < -0.4 is 0 Å². The zero-order valence-corrected chi connectivity index (χ0v) is 18.3. The molecule has 2 aromatic heterocycles. The maximum atomic E-state index is 8.87. The van der Waals surface area contributed by atoms with Gasteiger partial charge in [0.1, 0.15) is 28.2 Å². The first-order chi connectivity index (χ1) is 16.1. The van der Waals surface area contributed by atoms with Crippen LogP contribution in [0.4, 0.5) is 0 Å². The van der Waals surface area contributed by atoms with Gasteiger partial charge in [0.2, 0.25) is 0 Å². The van der Waals surface area contributed by atoms with Gasteiger partial charge in [0.05, 0.1) is 11.1 Å². The van der Waals surface area contributed by atoms with Crippen LogP contribution >= 0.6 is 0 Å². The third-order valence-corrected chi connectivity index (χ3v) is 5.95. The summed E-state index contributed by atoms with van der Waals surface area (Å²) in [4.78, 5) is 6.67. The van der Waals surface area contributed by atoms with Crippen molar-refractivity contribution < 1.29 is 8.83 Å². The molecule has 0 unspecified atom stereocenters. The second-order valence-electron chi connectivity index (χ2n) is 8.24. The zero-order chi connectivity index (χ0) is 22.5. The van der Waals surface area contributed by atoms with E-state index in [4.69, 9.17) is 19.2 Å². The second kappa shape index (κ2) is 7.35. The molecule has 0 bridgehead atoms. The van der Waals surface area contributed by atoms with E-state index in [1.54, 1.807) is 0 Å². The molecule has 160 valence electrons. The van der Waals surface area contributed by atoms with Crippen molar-refractivity contribution in [2.75, 3.05) is 14.1 Å². The molecule has 5 heteroatoms. The van der Waals surface area contributed by atoms with Gasteiger partial charge in [0.25, 0.3) is 0 Å². The first-order valence-electron chi connectivity index (χ1n) is 10.8. The Hall–Kier alpha value is -4.38. The number of benzene rings is 4. The van der Waals surface area contributed by atoms with Crippen molar-refractivity contribution in [3.05, 3.63) is 96.1 Å². The Morgan fingerprint density at radius 1 is 0.636 bits per heavy atom. The molecule has 0 aliphatic rings. The fraction of sp³-hybridized carbons (Fsp3) is 0.0714. The van der Waals surface area contributed by atoms with E-state index in [1.807, 2.05) is 91.8 Å². The van der Waals surface area contributed by atoms with Crippen molar-refractivity contribution in [1.82, 2.24) is 4.90 Å². The molecule has 6 rings (SSSR count). The van der Waals surface area contributed by atoms with Gasteiger partial charge in [-0.3, -0.25) is 5.41 Å². The summed E-state index contributed by atoms with van der Waals surface area (Å²) in [6.45, 7) is 0. The van der Waals surface area contributed by atoms with Crippen LogP contribution in [0.15, 0.2) is 98.8 Å². The van der Waals surface area contributed by atoms with Gasteiger partial charge in [-0.1, -0.05) is 60.7 Å². The molecule has 0 saturated carbocycles. The molecule has 1 N–H and O–H groups in total. The molecule has 0 spiro atoms. The van der Waals surface area contributed by atoms with E-state index in [-0.39, 0.29) is 5.84 Å². The van der Waals surface area contributed by atoms with Crippen molar-refractivity contribution in [3.63, 3.8) is 0 Å². The molecule has 0 radical (unpaired) electrons. The minimum absolute atomic E-state index is 0.136. The molecule has 2 heterocycles. The zero-order valence-electron chi connectivity index (χ0n) is 18.3. The average molecular weight is 431 g/mol. The summed E-state index contributed by atoms with van der Waals surface area (Å²) in [5, 5.41) is 13.0. The van der Waals surface area contributed by atoms with Crippen LogP contribution in [0.1, 0.15) is 11.1 Å². The number of fused-ring (bicyclic) bond motifs is 6. The lowest BCUT2D eigenvalue weighted by atomic mass is 10.1. The first-order valence-corrected chi connectivity index (χ1v) is 10.8. The molecule has 0 saturated heterocycles. The quantitative estimate of drug-likeness (QED) is 0.242. The topological polar surface area (TPSA) is 65.7 Å². The Morgan fingerprint density at radius 3 is 1.70 bits per heavy atom. The predicted molar refractivity (Wildman–Crippen MR) is 134 cm³/mol. The Labute approximate surface area is 190 Å². The van der Waals surface area contributed by atoms with E-state index < -0.39 is 0 Å². The molecule has 0 aliphatic heterocycles. The lowest BCUT2D eigenvalue weighted by molar-refractivity contribution is 0.620. The fourth-order valence-corrected chi connectivity index (χ4v) is 4.42. The molecule has 4 aromatic carbocycles. The molecule has 0 amide bonds. The number of aliphatic imine (C=N–C) groups is 1. The number of hydrogen-bond donors (Lipinski definition) is 1. The highest BCUT2D eigenvalue weighted by atomic mass is 16.3. The molecule has 0 atom stereocenters. The number of nitrogens with zero attached hydrogens (tertiary/aromatic N) is 2. The van der Waals surface area contributed by atoms with E-state index >= 15 is 0 Å². The lowest BCUT2D eigenvalue weighted by Gasteiger charge is -2.16. The van der Waals surface area contributed by atoms with Gasteiger partial charge in [-0.25, -0.2) is 4.99 Å². The van der Waals surface area contributed by atoms with Crippen molar-refractivity contribution in [3.8, 4) is 0 Å². The summed E-state index contributed by atoms with van der Waals surface area (Å²) in [5.41, 5.74) is 4.57. The van der Waals surface area contributed by atoms with Crippen LogP contribution in [-0.2, 0) is 0 Å².